The number of rotatable bonds is 7. The molecule has 4 rings (SSSR count). The molecule has 0 aliphatic heterocycles. The van der Waals surface area contributed by atoms with E-state index in [1.807, 2.05) is 42.5 Å². The fraction of sp³-hybridized carbons (Fsp3) is 0.143. The fourth-order valence-corrected chi connectivity index (χ4v) is 2.97. The Balaban J connectivity index is 1.48. The number of benzene rings is 1. The molecule has 146 valence electrons. The van der Waals surface area contributed by atoms with Crippen molar-refractivity contribution < 1.29 is 4.74 Å². The molecule has 3 aromatic heterocycles. The summed E-state index contributed by atoms with van der Waals surface area (Å²) in [5.41, 5.74) is 16.0. The van der Waals surface area contributed by atoms with E-state index < -0.39 is 0 Å². The molecule has 0 unspecified atom stereocenters. The summed E-state index contributed by atoms with van der Waals surface area (Å²) in [6, 6.07) is 13.4. The zero-order chi connectivity index (χ0) is 20.1. The van der Waals surface area contributed by atoms with E-state index in [4.69, 9.17) is 16.2 Å². The van der Waals surface area contributed by atoms with Crippen LogP contribution >= 0.6 is 0 Å². The lowest BCUT2D eigenvalue weighted by molar-refractivity contribution is 0.302. The van der Waals surface area contributed by atoms with Crippen LogP contribution in [0.4, 0.5) is 11.5 Å². The van der Waals surface area contributed by atoms with Gasteiger partial charge in [0.15, 0.2) is 0 Å². The summed E-state index contributed by atoms with van der Waals surface area (Å²) in [6.45, 7) is 1.14. The number of nitrogens with zero attached hydrogens (tertiary/aromatic N) is 4. The number of nitrogens with one attached hydrogen (secondary N) is 1. The van der Waals surface area contributed by atoms with Crippen LogP contribution in [0.25, 0.3) is 22.2 Å². The van der Waals surface area contributed by atoms with Crippen LogP contribution in [-0.4, -0.2) is 39.5 Å². The average Bonchev–Trinajstić information content (AvgIpc) is 3.28. The van der Waals surface area contributed by atoms with Crippen LogP contribution in [0.2, 0.25) is 0 Å². The van der Waals surface area contributed by atoms with Crippen molar-refractivity contribution in [3.63, 3.8) is 0 Å². The molecule has 0 saturated heterocycles. The van der Waals surface area contributed by atoms with Crippen molar-refractivity contribution in [1.82, 2.24) is 20.2 Å². The van der Waals surface area contributed by atoms with E-state index in [-0.39, 0.29) is 0 Å². The molecule has 29 heavy (non-hydrogen) atoms. The van der Waals surface area contributed by atoms with E-state index in [1.54, 1.807) is 18.6 Å². The predicted octanol–water partition coefficient (Wildman–Crippen LogP) is 3.07. The lowest BCUT2D eigenvalue weighted by atomic mass is 10.0. The van der Waals surface area contributed by atoms with Gasteiger partial charge in [0.1, 0.15) is 5.82 Å². The smallest absolute Gasteiger partial charge is 0.213 e. The summed E-state index contributed by atoms with van der Waals surface area (Å²) < 4.78 is 5.57. The third-order valence-corrected chi connectivity index (χ3v) is 4.45. The van der Waals surface area contributed by atoms with Crippen LogP contribution in [0.5, 0.6) is 5.88 Å². The number of fused-ring (bicyclic) bond motifs is 1. The topological polar surface area (TPSA) is 128 Å². The van der Waals surface area contributed by atoms with Gasteiger partial charge < -0.3 is 16.2 Å². The van der Waals surface area contributed by atoms with Crippen molar-refractivity contribution in [2.75, 3.05) is 24.6 Å². The number of nitrogen functional groups attached to an aromatic ring is 2. The maximum Gasteiger partial charge on any atom is 0.213 e. The lowest BCUT2D eigenvalue weighted by Gasteiger charge is -2.09. The third-order valence-electron chi connectivity index (χ3n) is 4.45. The molecule has 3 heterocycles. The number of aliphatic imine (C=N–C) groups is 1. The summed E-state index contributed by atoms with van der Waals surface area (Å²) in [4.78, 5) is 13.0. The minimum atomic E-state index is 0.291. The van der Waals surface area contributed by atoms with Crippen molar-refractivity contribution in [3.05, 3.63) is 60.4 Å². The summed E-state index contributed by atoms with van der Waals surface area (Å²) in [6.07, 6.45) is 5.93. The number of hydrogen-bond donors (Lipinski definition) is 3. The van der Waals surface area contributed by atoms with Crippen molar-refractivity contribution >= 4 is 28.6 Å². The van der Waals surface area contributed by atoms with E-state index in [1.165, 1.54) is 0 Å². The van der Waals surface area contributed by atoms with Gasteiger partial charge >= 0.3 is 0 Å². The predicted molar refractivity (Wildman–Crippen MR) is 115 cm³/mol. The van der Waals surface area contributed by atoms with E-state index >= 15 is 0 Å². The zero-order valence-corrected chi connectivity index (χ0v) is 15.7. The Morgan fingerprint density at radius 1 is 1.10 bits per heavy atom. The number of pyridine rings is 2. The van der Waals surface area contributed by atoms with Crippen LogP contribution in [-0.2, 0) is 0 Å². The average molecular weight is 387 g/mol. The number of aromatic nitrogens is 4. The largest absolute Gasteiger partial charge is 0.478 e. The molecule has 0 spiro atoms. The molecule has 0 atom stereocenters. The van der Waals surface area contributed by atoms with E-state index in [2.05, 4.69) is 25.2 Å². The Labute approximate surface area is 167 Å². The molecule has 0 aliphatic rings. The number of anilines is 2. The molecule has 0 bridgehead atoms. The minimum absolute atomic E-state index is 0.291. The second kappa shape index (κ2) is 8.39. The van der Waals surface area contributed by atoms with Gasteiger partial charge in [-0.3, -0.25) is 10.1 Å². The Hall–Kier alpha value is -3.94. The second-order valence-corrected chi connectivity index (χ2v) is 6.43. The fourth-order valence-electron chi connectivity index (χ4n) is 2.97. The van der Waals surface area contributed by atoms with E-state index in [0.717, 1.165) is 34.1 Å². The molecule has 0 amide bonds. The molecule has 0 saturated carbocycles. The quantitative estimate of drug-likeness (QED) is 0.330. The number of ether oxygens (including phenoxy) is 1. The normalized spacial score (nSPS) is 11.3. The lowest BCUT2D eigenvalue weighted by Crippen LogP contribution is -2.04. The number of nitrogens with two attached hydrogens (primary N) is 2. The monoisotopic (exact) mass is 387 g/mol. The third kappa shape index (κ3) is 4.16. The molecule has 8 heteroatoms. The van der Waals surface area contributed by atoms with Crippen molar-refractivity contribution in [2.24, 2.45) is 4.99 Å². The van der Waals surface area contributed by atoms with Gasteiger partial charge in [-0.05, 0) is 18.2 Å². The van der Waals surface area contributed by atoms with Crippen molar-refractivity contribution in [1.29, 1.82) is 0 Å². The van der Waals surface area contributed by atoms with Crippen LogP contribution in [0.3, 0.4) is 0 Å². The first kappa shape index (κ1) is 18.4. The van der Waals surface area contributed by atoms with Crippen LogP contribution in [0.1, 0.15) is 12.0 Å². The molecule has 8 nitrogen and oxygen atoms in total. The molecule has 0 aliphatic carbocycles. The highest BCUT2D eigenvalue weighted by molar-refractivity contribution is 6.06. The van der Waals surface area contributed by atoms with Gasteiger partial charge in [0.05, 0.1) is 23.5 Å². The molecular weight excluding hydrogens is 366 g/mol. The molecule has 5 N–H and O–H groups in total. The number of hydrogen-bond acceptors (Lipinski definition) is 7. The Kier molecular flexibility index (Phi) is 5.33. The second-order valence-electron chi connectivity index (χ2n) is 6.43. The minimum Gasteiger partial charge on any atom is -0.478 e. The molecule has 1 aromatic carbocycles. The Bertz CT molecular complexity index is 1120. The summed E-state index contributed by atoms with van der Waals surface area (Å²) in [5, 5.41) is 7.83. The van der Waals surface area contributed by atoms with Gasteiger partial charge in [-0.15, -0.1) is 0 Å². The molecule has 0 fully saturated rings. The first-order valence-electron chi connectivity index (χ1n) is 9.24. The first-order chi connectivity index (χ1) is 14.2. The molecular formula is C21H21N7O. The van der Waals surface area contributed by atoms with Crippen LogP contribution < -0.4 is 16.2 Å². The van der Waals surface area contributed by atoms with E-state index in [0.29, 0.717) is 30.5 Å². The Morgan fingerprint density at radius 3 is 2.83 bits per heavy atom. The highest BCUT2D eigenvalue weighted by atomic mass is 16.5. The van der Waals surface area contributed by atoms with E-state index in [9.17, 15) is 0 Å². The number of H-pyrrole nitrogens is 1. The standard InChI is InChI=1S/C21H21N7O/c22-20-16(13-24-8-3-11-29-19-4-1-2-9-25-19)15-6-5-14(17-7-10-26-28-17)12-18(15)27-21(20)23/h1-2,4-7,9-10,12-13H,3,8,11,22H2,(H2,23,27)(H,26,28). The first-order valence-corrected chi connectivity index (χ1v) is 9.24. The van der Waals surface area contributed by atoms with Gasteiger partial charge in [0, 0.05) is 54.2 Å². The van der Waals surface area contributed by atoms with Gasteiger partial charge in [0.2, 0.25) is 5.88 Å². The highest BCUT2D eigenvalue weighted by Crippen LogP contribution is 2.29. The van der Waals surface area contributed by atoms with Crippen molar-refractivity contribution in [3.8, 4) is 17.1 Å². The maximum absolute atomic E-state index is 6.17. The number of aromatic amines is 1. The summed E-state index contributed by atoms with van der Waals surface area (Å²) in [7, 11) is 0. The van der Waals surface area contributed by atoms with Crippen LogP contribution in [0, 0.1) is 0 Å². The van der Waals surface area contributed by atoms with Gasteiger partial charge in [-0.1, -0.05) is 18.2 Å². The van der Waals surface area contributed by atoms with Crippen LogP contribution in [0.15, 0.2) is 59.9 Å². The Morgan fingerprint density at radius 2 is 2.03 bits per heavy atom. The van der Waals surface area contributed by atoms with Gasteiger partial charge in [-0.2, -0.15) is 5.10 Å². The van der Waals surface area contributed by atoms with Gasteiger partial charge in [-0.25, -0.2) is 9.97 Å². The summed E-state index contributed by atoms with van der Waals surface area (Å²) in [5.74, 6) is 0.904. The molecule has 4 aromatic rings. The SMILES string of the molecule is Nc1nc2cc(-c3ccn[nH]3)ccc2c(C=NCCCOc2ccccn2)c1N. The molecule has 0 radical (unpaired) electrons. The van der Waals surface area contributed by atoms with Gasteiger partial charge in [0.25, 0.3) is 0 Å². The zero-order valence-electron chi connectivity index (χ0n) is 15.7. The maximum atomic E-state index is 6.17. The summed E-state index contributed by atoms with van der Waals surface area (Å²) >= 11 is 0. The highest BCUT2D eigenvalue weighted by Gasteiger charge is 2.11. The van der Waals surface area contributed by atoms with Crippen molar-refractivity contribution in [2.45, 2.75) is 6.42 Å².